The summed E-state index contributed by atoms with van der Waals surface area (Å²) in [6.07, 6.45) is 2.34. The number of rotatable bonds is 6. The second kappa shape index (κ2) is 6.90. The van der Waals surface area contributed by atoms with Crippen LogP contribution in [0.1, 0.15) is 39.2 Å². The topological polar surface area (TPSA) is 59.8 Å². The third kappa shape index (κ3) is 3.70. The second-order valence-electron chi connectivity index (χ2n) is 7.15. The van der Waals surface area contributed by atoms with Crippen LogP contribution in [-0.2, 0) is 11.2 Å². The van der Waals surface area contributed by atoms with Crippen LogP contribution in [-0.4, -0.2) is 30.0 Å². The van der Waals surface area contributed by atoms with Gasteiger partial charge in [-0.05, 0) is 43.4 Å². The molecule has 5 nitrogen and oxygen atoms in total. The van der Waals surface area contributed by atoms with Crippen molar-refractivity contribution in [2.45, 2.75) is 52.1 Å². The van der Waals surface area contributed by atoms with Crippen molar-refractivity contribution in [2.75, 3.05) is 7.11 Å². The highest BCUT2D eigenvalue weighted by Gasteiger charge is 2.36. The van der Waals surface area contributed by atoms with E-state index >= 15 is 0 Å². The third-order valence-electron chi connectivity index (χ3n) is 5.01. The summed E-state index contributed by atoms with van der Waals surface area (Å²) in [5, 5.41) is 0.779. The van der Waals surface area contributed by atoms with Crippen molar-refractivity contribution in [3.8, 4) is 5.75 Å². The zero-order valence-electron chi connectivity index (χ0n) is 15.2. The zero-order valence-corrected chi connectivity index (χ0v) is 15.2. The summed E-state index contributed by atoms with van der Waals surface area (Å²) in [7, 11) is 1.56. The van der Waals surface area contributed by atoms with E-state index in [2.05, 4.69) is 20.8 Å². The van der Waals surface area contributed by atoms with Crippen LogP contribution < -0.4 is 10.4 Å². The number of nitrogens with zero attached hydrogens (tertiary/aromatic N) is 1. The van der Waals surface area contributed by atoms with E-state index in [1.807, 2.05) is 17.0 Å². The highest BCUT2D eigenvalue weighted by atomic mass is 16.5. The molecule has 1 heterocycles. The maximum absolute atomic E-state index is 13.0. The van der Waals surface area contributed by atoms with Crippen molar-refractivity contribution in [1.82, 2.24) is 4.90 Å². The van der Waals surface area contributed by atoms with E-state index in [4.69, 9.17) is 9.15 Å². The maximum atomic E-state index is 13.0. The van der Waals surface area contributed by atoms with Crippen LogP contribution in [0.3, 0.4) is 0 Å². The summed E-state index contributed by atoms with van der Waals surface area (Å²) in [5.74, 6) is 1.09. The number of benzene rings is 1. The molecule has 1 aliphatic rings. The molecule has 0 saturated heterocycles. The number of hydrogen-bond acceptors (Lipinski definition) is 4. The maximum Gasteiger partial charge on any atom is 0.336 e. The molecule has 5 heteroatoms. The Hall–Kier alpha value is -2.30. The Morgan fingerprint density at radius 2 is 2.00 bits per heavy atom. The van der Waals surface area contributed by atoms with E-state index in [1.165, 1.54) is 6.07 Å². The molecule has 1 saturated carbocycles. The Kier molecular flexibility index (Phi) is 4.84. The van der Waals surface area contributed by atoms with Crippen LogP contribution in [0.15, 0.2) is 33.5 Å². The van der Waals surface area contributed by atoms with Gasteiger partial charge in [-0.2, -0.15) is 0 Å². The van der Waals surface area contributed by atoms with Crippen molar-refractivity contribution in [3.63, 3.8) is 0 Å². The zero-order chi connectivity index (χ0) is 18.1. The molecule has 0 spiro atoms. The molecule has 1 aromatic carbocycles. The van der Waals surface area contributed by atoms with E-state index in [-0.39, 0.29) is 18.4 Å². The van der Waals surface area contributed by atoms with Crippen LogP contribution in [0.4, 0.5) is 0 Å². The minimum atomic E-state index is -0.446. The average Bonchev–Trinajstić information content (AvgIpc) is 3.38. The number of hydrogen-bond donors (Lipinski definition) is 0. The molecule has 0 unspecified atom stereocenters. The molecular formula is C20H25NO4. The fraction of sp³-hybridized carbons (Fsp3) is 0.500. The van der Waals surface area contributed by atoms with Gasteiger partial charge in [-0.25, -0.2) is 4.79 Å². The number of methoxy groups -OCH3 is 1. The van der Waals surface area contributed by atoms with Gasteiger partial charge in [0.2, 0.25) is 5.91 Å². The number of carbonyl (C=O) groups excluding carboxylic acids is 1. The van der Waals surface area contributed by atoms with Crippen LogP contribution in [0, 0.1) is 5.92 Å². The summed E-state index contributed by atoms with van der Waals surface area (Å²) in [4.78, 5) is 26.9. The van der Waals surface area contributed by atoms with Crippen molar-refractivity contribution < 1.29 is 13.9 Å². The minimum Gasteiger partial charge on any atom is -0.497 e. The number of fused-ring (bicyclic) bond motifs is 1. The average molecular weight is 343 g/mol. The monoisotopic (exact) mass is 343 g/mol. The molecule has 0 radical (unpaired) electrons. The fourth-order valence-corrected chi connectivity index (χ4v) is 3.17. The van der Waals surface area contributed by atoms with E-state index in [0.29, 0.717) is 28.9 Å². The molecule has 1 aliphatic carbocycles. The third-order valence-corrected chi connectivity index (χ3v) is 5.01. The first-order chi connectivity index (χ1) is 11.9. The molecule has 2 aromatic rings. The van der Waals surface area contributed by atoms with Crippen molar-refractivity contribution in [2.24, 2.45) is 5.92 Å². The molecule has 0 aliphatic heterocycles. The van der Waals surface area contributed by atoms with Gasteiger partial charge in [0.05, 0.1) is 13.5 Å². The first kappa shape index (κ1) is 17.5. The molecule has 1 amide bonds. The molecule has 25 heavy (non-hydrogen) atoms. The second-order valence-corrected chi connectivity index (χ2v) is 7.15. The number of carbonyl (C=O) groups is 1. The summed E-state index contributed by atoms with van der Waals surface area (Å²) >= 11 is 0. The molecule has 134 valence electrons. The Morgan fingerprint density at radius 3 is 2.60 bits per heavy atom. The standard InChI is InChI=1S/C20H25NO4/c1-12(2)13(3)21(15-5-6-15)19(22)9-14-10-20(23)25-18-11-16(24-4)7-8-17(14)18/h7-8,10-13,15H,5-6,9H2,1-4H3/t13-/m1/s1. The Morgan fingerprint density at radius 1 is 1.28 bits per heavy atom. The molecule has 1 aromatic heterocycles. The lowest BCUT2D eigenvalue weighted by atomic mass is 10.0. The predicted molar refractivity (Wildman–Crippen MR) is 96.9 cm³/mol. The van der Waals surface area contributed by atoms with E-state index in [1.54, 1.807) is 13.2 Å². The molecule has 1 fully saturated rings. The van der Waals surface area contributed by atoms with Gasteiger partial charge < -0.3 is 14.1 Å². The predicted octanol–water partition coefficient (Wildman–Crippen LogP) is 3.38. The van der Waals surface area contributed by atoms with Gasteiger partial charge in [0.15, 0.2) is 0 Å². The molecular weight excluding hydrogens is 318 g/mol. The first-order valence-electron chi connectivity index (χ1n) is 8.82. The van der Waals surface area contributed by atoms with E-state index in [0.717, 1.165) is 18.2 Å². The summed E-state index contributed by atoms with van der Waals surface area (Å²) in [6, 6.07) is 7.29. The van der Waals surface area contributed by atoms with Crippen LogP contribution in [0.2, 0.25) is 0 Å². The lowest BCUT2D eigenvalue weighted by Gasteiger charge is -2.32. The van der Waals surface area contributed by atoms with E-state index < -0.39 is 5.63 Å². The quantitative estimate of drug-likeness (QED) is 0.755. The van der Waals surface area contributed by atoms with Gasteiger partial charge in [-0.3, -0.25) is 4.79 Å². The van der Waals surface area contributed by atoms with Crippen molar-refractivity contribution in [3.05, 3.63) is 40.2 Å². The normalized spacial score (nSPS) is 15.4. The Bertz CT molecular complexity index is 835. The molecule has 0 N–H and O–H groups in total. The van der Waals surface area contributed by atoms with Gasteiger partial charge in [0, 0.05) is 29.6 Å². The van der Waals surface area contributed by atoms with Crippen LogP contribution >= 0.6 is 0 Å². The Balaban J connectivity index is 1.93. The first-order valence-corrected chi connectivity index (χ1v) is 8.82. The van der Waals surface area contributed by atoms with E-state index in [9.17, 15) is 9.59 Å². The highest BCUT2D eigenvalue weighted by Crippen LogP contribution is 2.32. The minimum absolute atomic E-state index is 0.0754. The van der Waals surface area contributed by atoms with Gasteiger partial charge in [0.25, 0.3) is 0 Å². The SMILES string of the molecule is COc1ccc2c(CC(=O)N(C3CC3)[C@H](C)C(C)C)cc(=O)oc2c1. The van der Waals surface area contributed by atoms with Gasteiger partial charge in [0.1, 0.15) is 11.3 Å². The molecule has 1 atom stereocenters. The van der Waals surface area contributed by atoms with Gasteiger partial charge in [-0.15, -0.1) is 0 Å². The lowest BCUT2D eigenvalue weighted by Crippen LogP contribution is -2.43. The lowest BCUT2D eigenvalue weighted by molar-refractivity contribution is -0.134. The van der Waals surface area contributed by atoms with Gasteiger partial charge >= 0.3 is 5.63 Å². The van der Waals surface area contributed by atoms with Crippen molar-refractivity contribution >= 4 is 16.9 Å². The largest absolute Gasteiger partial charge is 0.497 e. The smallest absolute Gasteiger partial charge is 0.336 e. The number of ether oxygens (including phenoxy) is 1. The summed E-state index contributed by atoms with van der Waals surface area (Å²) in [5.41, 5.74) is 0.712. The number of amides is 1. The summed E-state index contributed by atoms with van der Waals surface area (Å²) < 4.78 is 10.5. The van der Waals surface area contributed by atoms with Crippen molar-refractivity contribution in [1.29, 1.82) is 0 Å². The highest BCUT2D eigenvalue weighted by molar-refractivity contribution is 5.88. The summed E-state index contributed by atoms with van der Waals surface area (Å²) in [6.45, 7) is 6.36. The van der Waals surface area contributed by atoms with Crippen LogP contribution in [0.25, 0.3) is 11.0 Å². The molecule has 0 bridgehead atoms. The Labute approximate surface area is 147 Å². The van der Waals surface area contributed by atoms with Crippen LogP contribution in [0.5, 0.6) is 5.75 Å². The fourth-order valence-electron chi connectivity index (χ4n) is 3.17. The molecule has 3 rings (SSSR count). The van der Waals surface area contributed by atoms with Gasteiger partial charge in [-0.1, -0.05) is 13.8 Å².